The Hall–Kier alpha value is -2.92. The molecule has 1 heterocycles. The first-order valence-electron chi connectivity index (χ1n) is 8.66. The molecule has 0 saturated carbocycles. The fourth-order valence-electron chi connectivity index (χ4n) is 2.69. The number of benzene rings is 2. The van der Waals surface area contributed by atoms with Gasteiger partial charge in [0.15, 0.2) is 12.4 Å². The van der Waals surface area contributed by atoms with E-state index in [0.717, 1.165) is 10.4 Å². The standard InChI is InChI=1S/C22H21NO3S/c1-15-8-10-17(11-9-15)22(20-7-4-12-27-20)23-21(25)14-26-19-6-3-5-18(13-19)16(2)24/h3-13,22H,14H2,1-2H3,(H,23,25). The molecular formula is C22H21NO3S. The molecule has 0 aliphatic heterocycles. The van der Waals surface area contributed by atoms with Gasteiger partial charge in [-0.15, -0.1) is 11.3 Å². The Labute approximate surface area is 162 Å². The van der Waals surface area contributed by atoms with Crippen LogP contribution in [0.25, 0.3) is 0 Å². The van der Waals surface area contributed by atoms with Gasteiger partial charge in [0.05, 0.1) is 6.04 Å². The maximum absolute atomic E-state index is 12.5. The van der Waals surface area contributed by atoms with Crippen molar-refractivity contribution in [2.45, 2.75) is 19.9 Å². The molecule has 1 unspecified atom stereocenters. The molecule has 0 bridgehead atoms. The van der Waals surface area contributed by atoms with Crippen LogP contribution in [0.4, 0.5) is 0 Å². The molecule has 3 aromatic rings. The molecule has 27 heavy (non-hydrogen) atoms. The highest BCUT2D eigenvalue weighted by molar-refractivity contribution is 7.10. The third kappa shape index (κ3) is 5.05. The summed E-state index contributed by atoms with van der Waals surface area (Å²) in [5.74, 6) is 0.241. The van der Waals surface area contributed by atoms with Crippen LogP contribution < -0.4 is 10.1 Å². The summed E-state index contributed by atoms with van der Waals surface area (Å²) in [4.78, 5) is 25.0. The van der Waals surface area contributed by atoms with Crippen LogP contribution in [0.5, 0.6) is 5.75 Å². The fourth-order valence-corrected chi connectivity index (χ4v) is 3.49. The molecule has 1 atom stereocenters. The number of amides is 1. The van der Waals surface area contributed by atoms with Crippen LogP contribution in [0.15, 0.2) is 66.0 Å². The maximum atomic E-state index is 12.5. The minimum absolute atomic E-state index is 0.0398. The Bertz CT molecular complexity index is 917. The van der Waals surface area contributed by atoms with Crippen LogP contribution in [0, 0.1) is 6.92 Å². The predicted molar refractivity (Wildman–Crippen MR) is 107 cm³/mol. The lowest BCUT2D eigenvalue weighted by Gasteiger charge is -2.18. The van der Waals surface area contributed by atoms with Gasteiger partial charge in [0.25, 0.3) is 5.91 Å². The largest absolute Gasteiger partial charge is 0.484 e. The van der Waals surface area contributed by atoms with Gasteiger partial charge in [-0.3, -0.25) is 9.59 Å². The van der Waals surface area contributed by atoms with E-state index in [-0.39, 0.29) is 24.3 Å². The number of rotatable bonds is 7. The van der Waals surface area contributed by atoms with Crippen molar-refractivity contribution in [3.8, 4) is 5.75 Å². The highest BCUT2D eigenvalue weighted by Gasteiger charge is 2.18. The zero-order valence-electron chi connectivity index (χ0n) is 15.3. The SMILES string of the molecule is CC(=O)c1cccc(OCC(=O)NC(c2ccc(C)cc2)c2cccs2)c1. The number of carbonyl (C=O) groups excluding carboxylic acids is 2. The quantitative estimate of drug-likeness (QED) is 0.613. The third-order valence-electron chi connectivity index (χ3n) is 4.15. The van der Waals surface area contributed by atoms with Crippen molar-refractivity contribution in [1.82, 2.24) is 5.32 Å². The van der Waals surface area contributed by atoms with Crippen molar-refractivity contribution in [2.75, 3.05) is 6.61 Å². The van der Waals surface area contributed by atoms with E-state index in [0.29, 0.717) is 11.3 Å². The summed E-state index contributed by atoms with van der Waals surface area (Å²) < 4.78 is 5.57. The molecule has 138 valence electrons. The Balaban J connectivity index is 1.69. The number of carbonyl (C=O) groups is 2. The summed E-state index contributed by atoms with van der Waals surface area (Å²) in [6.07, 6.45) is 0. The van der Waals surface area contributed by atoms with Crippen LogP contribution in [0.1, 0.15) is 39.3 Å². The third-order valence-corrected chi connectivity index (χ3v) is 5.09. The van der Waals surface area contributed by atoms with Gasteiger partial charge in [-0.1, -0.05) is 48.0 Å². The highest BCUT2D eigenvalue weighted by Crippen LogP contribution is 2.26. The van der Waals surface area contributed by atoms with Gasteiger partial charge in [0.1, 0.15) is 5.75 Å². The number of Topliss-reactive ketones (excluding diaryl/α,β-unsaturated/α-hetero) is 1. The van der Waals surface area contributed by atoms with E-state index in [4.69, 9.17) is 4.74 Å². The number of aryl methyl sites for hydroxylation is 1. The lowest BCUT2D eigenvalue weighted by molar-refractivity contribution is -0.123. The molecule has 4 nitrogen and oxygen atoms in total. The first kappa shape index (κ1) is 18.9. The van der Waals surface area contributed by atoms with Crippen molar-refractivity contribution in [3.05, 3.63) is 87.6 Å². The molecule has 0 radical (unpaired) electrons. The summed E-state index contributed by atoms with van der Waals surface area (Å²) in [5.41, 5.74) is 2.75. The lowest BCUT2D eigenvalue weighted by atomic mass is 10.0. The van der Waals surface area contributed by atoms with E-state index in [2.05, 4.69) is 5.32 Å². The molecular weight excluding hydrogens is 358 g/mol. The summed E-state index contributed by atoms with van der Waals surface area (Å²) in [6.45, 7) is 3.42. The number of hydrogen-bond acceptors (Lipinski definition) is 4. The fraction of sp³-hybridized carbons (Fsp3) is 0.182. The average molecular weight is 379 g/mol. The van der Waals surface area contributed by atoms with Gasteiger partial charge in [-0.25, -0.2) is 0 Å². The number of thiophene rings is 1. The Kier molecular flexibility index (Phi) is 6.04. The molecule has 1 N–H and O–H groups in total. The maximum Gasteiger partial charge on any atom is 0.258 e. The van der Waals surface area contributed by atoms with E-state index >= 15 is 0 Å². The zero-order valence-corrected chi connectivity index (χ0v) is 16.1. The monoisotopic (exact) mass is 379 g/mol. The molecule has 0 aliphatic carbocycles. The minimum atomic E-state index is -0.220. The summed E-state index contributed by atoms with van der Waals surface area (Å²) in [7, 11) is 0. The van der Waals surface area contributed by atoms with E-state index < -0.39 is 0 Å². The van der Waals surface area contributed by atoms with Crippen molar-refractivity contribution in [2.24, 2.45) is 0 Å². The van der Waals surface area contributed by atoms with Gasteiger partial charge < -0.3 is 10.1 Å². The molecule has 2 aromatic carbocycles. The number of nitrogens with one attached hydrogen (secondary N) is 1. The van der Waals surface area contributed by atoms with Gasteiger partial charge >= 0.3 is 0 Å². The second-order valence-electron chi connectivity index (χ2n) is 6.30. The van der Waals surface area contributed by atoms with Crippen molar-refractivity contribution in [3.63, 3.8) is 0 Å². The minimum Gasteiger partial charge on any atom is -0.484 e. The number of ketones is 1. The van der Waals surface area contributed by atoms with E-state index in [9.17, 15) is 9.59 Å². The second kappa shape index (κ2) is 8.64. The zero-order chi connectivity index (χ0) is 19.2. The van der Waals surface area contributed by atoms with E-state index in [1.807, 2.05) is 48.7 Å². The molecule has 0 spiro atoms. The molecule has 0 saturated heterocycles. The summed E-state index contributed by atoms with van der Waals surface area (Å²) >= 11 is 1.60. The van der Waals surface area contributed by atoms with Crippen LogP contribution in [-0.4, -0.2) is 18.3 Å². The van der Waals surface area contributed by atoms with E-state index in [1.165, 1.54) is 12.5 Å². The summed E-state index contributed by atoms with van der Waals surface area (Å²) in [6, 6.07) is 18.7. The second-order valence-corrected chi connectivity index (χ2v) is 7.28. The molecule has 0 aliphatic rings. The number of ether oxygens (including phenoxy) is 1. The van der Waals surface area contributed by atoms with Gasteiger partial charge in [0, 0.05) is 10.4 Å². The van der Waals surface area contributed by atoms with Gasteiger partial charge in [0.2, 0.25) is 0 Å². The Morgan fingerprint density at radius 3 is 2.52 bits per heavy atom. The van der Waals surface area contributed by atoms with Crippen molar-refractivity contribution < 1.29 is 14.3 Å². The van der Waals surface area contributed by atoms with Crippen LogP contribution in [0.3, 0.4) is 0 Å². The van der Waals surface area contributed by atoms with Crippen molar-refractivity contribution >= 4 is 23.0 Å². The lowest BCUT2D eigenvalue weighted by Crippen LogP contribution is -2.32. The average Bonchev–Trinajstić information content (AvgIpc) is 3.20. The molecule has 1 amide bonds. The van der Waals surface area contributed by atoms with Gasteiger partial charge in [-0.05, 0) is 43.0 Å². The van der Waals surface area contributed by atoms with Crippen LogP contribution in [0.2, 0.25) is 0 Å². The highest BCUT2D eigenvalue weighted by atomic mass is 32.1. The molecule has 0 fully saturated rings. The van der Waals surface area contributed by atoms with E-state index in [1.54, 1.807) is 35.6 Å². The smallest absolute Gasteiger partial charge is 0.258 e. The molecule has 5 heteroatoms. The van der Waals surface area contributed by atoms with Gasteiger partial charge in [-0.2, -0.15) is 0 Å². The normalized spacial score (nSPS) is 11.6. The summed E-state index contributed by atoms with van der Waals surface area (Å²) in [5, 5.41) is 5.03. The molecule has 1 aromatic heterocycles. The first-order valence-corrected chi connectivity index (χ1v) is 9.54. The predicted octanol–water partition coefficient (Wildman–Crippen LogP) is 4.54. The van der Waals surface area contributed by atoms with Crippen molar-refractivity contribution in [1.29, 1.82) is 0 Å². The Morgan fingerprint density at radius 2 is 1.85 bits per heavy atom. The Morgan fingerprint density at radius 1 is 1.07 bits per heavy atom. The van der Waals surface area contributed by atoms with Crippen LogP contribution >= 0.6 is 11.3 Å². The topological polar surface area (TPSA) is 55.4 Å². The molecule has 3 rings (SSSR count). The first-order chi connectivity index (χ1) is 13.0. The van der Waals surface area contributed by atoms with Crippen LogP contribution in [-0.2, 0) is 4.79 Å². The number of hydrogen-bond donors (Lipinski definition) is 1.